The predicted molar refractivity (Wildman–Crippen MR) is 355 cm³/mol. The van der Waals surface area contributed by atoms with E-state index in [0.717, 1.165) is 94.5 Å². The summed E-state index contributed by atoms with van der Waals surface area (Å²) in [5.74, 6) is 1.66. The van der Waals surface area contributed by atoms with Crippen LogP contribution in [-0.2, 0) is 0 Å². The number of hydrogen-bond acceptors (Lipinski definition) is 7. The van der Waals surface area contributed by atoms with Crippen LogP contribution in [0, 0.1) is 0 Å². The van der Waals surface area contributed by atoms with Crippen molar-refractivity contribution in [2.45, 2.75) is 252 Å². The number of nitrogens with zero attached hydrogens (tertiary/aromatic N) is 2. The molecule has 2 N–H and O–H groups in total. The van der Waals surface area contributed by atoms with Crippen LogP contribution in [0.2, 0.25) is 0 Å². The highest BCUT2D eigenvalue weighted by Gasteiger charge is 2.21. The Balaban J connectivity index is 1.05. The predicted octanol–water partition coefficient (Wildman–Crippen LogP) is 22.8. The zero-order valence-electron chi connectivity index (χ0n) is 52.3. The first-order valence-corrected chi connectivity index (χ1v) is 34.0. The first kappa shape index (κ1) is 65.5. The molecule has 0 amide bonds. The van der Waals surface area contributed by atoms with Gasteiger partial charge in [0.15, 0.2) is 11.5 Å². The second-order valence-electron chi connectivity index (χ2n) is 24.0. The number of H-pyrrole nitrogens is 2. The van der Waals surface area contributed by atoms with Gasteiger partial charge in [-0.2, -0.15) is 0 Å². The molecule has 5 heterocycles. The van der Waals surface area contributed by atoms with Gasteiger partial charge in [-0.15, -0.1) is 0 Å². The molecule has 0 aliphatic carbocycles. The summed E-state index contributed by atoms with van der Waals surface area (Å²) in [6.07, 6.45) is 54.1. The number of aromatic nitrogens is 4. The second-order valence-corrected chi connectivity index (χ2v) is 24.0. The van der Waals surface area contributed by atoms with E-state index in [1.165, 1.54) is 193 Å². The molecule has 5 aromatic rings. The number of rotatable bonds is 45. The van der Waals surface area contributed by atoms with Crippen molar-refractivity contribution in [2.24, 2.45) is 0 Å². The van der Waals surface area contributed by atoms with Crippen molar-refractivity contribution >= 4 is 52.3 Å². The summed E-state index contributed by atoms with van der Waals surface area (Å²) in [6, 6.07) is 25.7. The van der Waals surface area contributed by atoms with Gasteiger partial charge in [0, 0.05) is 27.6 Å². The molecule has 8 bridgehead atoms. The van der Waals surface area contributed by atoms with Crippen molar-refractivity contribution in [3.8, 4) is 34.1 Å². The van der Waals surface area contributed by atoms with Crippen molar-refractivity contribution in [1.29, 1.82) is 0 Å². The van der Waals surface area contributed by atoms with E-state index < -0.39 is 5.97 Å². The van der Waals surface area contributed by atoms with Gasteiger partial charge in [-0.05, 0) is 116 Å². The summed E-state index contributed by atoms with van der Waals surface area (Å²) >= 11 is 0. The highest BCUT2D eigenvalue weighted by atomic mass is 16.5. The summed E-state index contributed by atoms with van der Waals surface area (Å²) in [7, 11) is 0. The van der Waals surface area contributed by atoms with Gasteiger partial charge in [0.05, 0.1) is 48.2 Å². The topological polar surface area (TPSA) is 111 Å². The highest BCUT2D eigenvalue weighted by molar-refractivity contribution is 5.94. The molecule has 0 radical (unpaired) electrons. The Kier molecular flexibility index (Phi) is 30.8. The molecule has 0 unspecified atom stereocenters. The average molecular weight is 1140 g/mol. The number of nitrogens with one attached hydrogen (secondary N) is 2. The molecule has 7 rings (SSSR count). The van der Waals surface area contributed by atoms with E-state index in [-0.39, 0.29) is 0 Å². The van der Waals surface area contributed by atoms with Crippen molar-refractivity contribution < 1.29 is 23.7 Å². The van der Waals surface area contributed by atoms with E-state index in [4.69, 9.17) is 28.9 Å². The minimum Gasteiger partial charge on any atom is -0.490 e. The molecule has 9 nitrogen and oxygen atoms in total. The number of ether oxygens (including phenoxy) is 4. The third kappa shape index (κ3) is 24.1. The van der Waals surface area contributed by atoms with Gasteiger partial charge in [0.1, 0.15) is 5.75 Å². The molecule has 84 heavy (non-hydrogen) atoms. The number of aromatic amines is 2. The molecule has 2 aromatic carbocycles. The number of carbonyl (C=O) groups excluding carboxylic acids is 1. The maximum atomic E-state index is 14.4. The van der Waals surface area contributed by atoms with Crippen molar-refractivity contribution in [2.75, 3.05) is 19.8 Å². The Hall–Kier alpha value is -6.09. The molecular formula is C75H106N4O5. The Morgan fingerprint density at radius 1 is 0.381 bits per heavy atom. The van der Waals surface area contributed by atoms with E-state index in [9.17, 15) is 4.79 Å². The number of esters is 1. The number of carbonyl (C=O) groups is 1. The molecule has 0 fully saturated rings. The lowest BCUT2D eigenvalue weighted by Gasteiger charge is -2.19. The normalized spacial score (nSPS) is 11.9. The molecule has 2 aliphatic rings. The highest BCUT2D eigenvalue weighted by Crippen LogP contribution is 2.40. The molecule has 3 aromatic heterocycles. The van der Waals surface area contributed by atoms with Gasteiger partial charge >= 0.3 is 5.97 Å². The zero-order valence-corrected chi connectivity index (χ0v) is 52.3. The molecule has 0 saturated heterocycles. The number of unbranched alkanes of at least 4 members (excludes halogenated alkanes) is 33. The summed E-state index contributed by atoms with van der Waals surface area (Å²) < 4.78 is 26.2. The van der Waals surface area contributed by atoms with Gasteiger partial charge in [0.25, 0.3) is 0 Å². The van der Waals surface area contributed by atoms with Gasteiger partial charge < -0.3 is 28.9 Å². The lowest BCUT2D eigenvalue weighted by atomic mass is 10.0. The van der Waals surface area contributed by atoms with E-state index in [1.54, 1.807) is 0 Å². The lowest BCUT2D eigenvalue weighted by Crippen LogP contribution is -2.12. The van der Waals surface area contributed by atoms with Crippen LogP contribution < -0.4 is 18.9 Å². The first-order chi connectivity index (χ1) is 41.5. The van der Waals surface area contributed by atoms with E-state index in [0.29, 0.717) is 48.4 Å². The van der Waals surface area contributed by atoms with Crippen LogP contribution in [0.5, 0.6) is 23.0 Å². The van der Waals surface area contributed by atoms with Crippen LogP contribution in [0.3, 0.4) is 0 Å². The fraction of sp³-hybridized carbons (Fsp3) is 0.560. The maximum Gasteiger partial charge on any atom is 0.343 e. The summed E-state index contributed by atoms with van der Waals surface area (Å²) in [6.45, 7) is 8.50. The smallest absolute Gasteiger partial charge is 0.343 e. The van der Waals surface area contributed by atoms with Gasteiger partial charge in [-0.3, -0.25) is 0 Å². The quantitative estimate of drug-likeness (QED) is 0.0222. The van der Waals surface area contributed by atoms with Crippen LogP contribution in [0.15, 0.2) is 78.9 Å². The maximum absolute atomic E-state index is 14.4. The second kappa shape index (κ2) is 39.5. The van der Waals surface area contributed by atoms with Gasteiger partial charge in [-0.25, -0.2) is 14.8 Å². The lowest BCUT2D eigenvalue weighted by molar-refractivity contribution is 0.0733. The van der Waals surface area contributed by atoms with Crippen LogP contribution in [0.25, 0.3) is 57.5 Å². The van der Waals surface area contributed by atoms with Gasteiger partial charge in [0.2, 0.25) is 5.75 Å². The van der Waals surface area contributed by atoms with Crippen LogP contribution in [0.4, 0.5) is 0 Å². The SMILES string of the molecule is CCCCCCCCCCCCCCOc1cc(C(=O)Oc2ccc(-c3c4nc(cc5ccc(cc6nc(cc7ccc3[nH]7)C=C6)[nH]5)C=C4)cc2)cc(OCCCCCCCCCCCCCC)c1OCCCCCCCCCCCCCC. The Bertz CT molecular complexity index is 2830. The molecular weight excluding hydrogens is 1040 g/mol. The summed E-state index contributed by atoms with van der Waals surface area (Å²) in [5.41, 5.74) is 9.44. The van der Waals surface area contributed by atoms with Gasteiger partial charge in [-0.1, -0.05) is 245 Å². The van der Waals surface area contributed by atoms with Crippen LogP contribution >= 0.6 is 0 Å². The number of hydrogen-bond donors (Lipinski definition) is 2. The van der Waals surface area contributed by atoms with Crippen molar-refractivity contribution in [3.63, 3.8) is 0 Å². The molecule has 0 saturated carbocycles. The fourth-order valence-electron chi connectivity index (χ4n) is 11.6. The Morgan fingerprint density at radius 2 is 0.750 bits per heavy atom. The van der Waals surface area contributed by atoms with Crippen LogP contribution in [0.1, 0.15) is 285 Å². The van der Waals surface area contributed by atoms with Crippen molar-refractivity contribution in [1.82, 2.24) is 19.9 Å². The monoisotopic (exact) mass is 1140 g/mol. The average Bonchev–Trinajstić information content (AvgIpc) is 4.54. The molecule has 0 atom stereocenters. The third-order valence-corrected chi connectivity index (χ3v) is 16.6. The Morgan fingerprint density at radius 3 is 1.19 bits per heavy atom. The number of benzene rings is 2. The largest absolute Gasteiger partial charge is 0.490 e. The first-order valence-electron chi connectivity index (χ1n) is 34.0. The molecule has 9 heteroatoms. The van der Waals surface area contributed by atoms with E-state index >= 15 is 0 Å². The molecule has 0 spiro atoms. The third-order valence-electron chi connectivity index (χ3n) is 16.6. The molecule has 2 aliphatic heterocycles. The van der Waals surface area contributed by atoms with Crippen LogP contribution in [-0.4, -0.2) is 45.7 Å². The summed E-state index contributed by atoms with van der Waals surface area (Å²) in [5, 5.41) is 0. The standard InChI is InChI=1S/C75H106N4O5/c1-4-7-10-13-16-19-22-25-28-31-34-37-52-81-71-55-61(56-72(82-53-38-35-32-29-26-23-20-17-14-11-8-5-2)74(71)83-54-39-36-33-30-27-24-21-18-15-12-9-6-3)75(80)84-68-48-40-60(41-49-68)73-69-50-46-66(78-69)58-64-44-42-62(76-64)57-63-43-45-65(77-63)59-67-47-51-70(73)79-67/h40-51,55-59,76,79H,4-39,52-54H2,1-3H3. The fourth-order valence-corrected chi connectivity index (χ4v) is 11.6. The van der Waals surface area contributed by atoms with Crippen molar-refractivity contribution in [3.05, 3.63) is 107 Å². The number of fused-ring (bicyclic) bond motifs is 8. The Labute approximate surface area is 506 Å². The van der Waals surface area contributed by atoms with E-state index in [2.05, 4.69) is 73.2 Å². The van der Waals surface area contributed by atoms with E-state index in [1.807, 2.05) is 60.7 Å². The minimum atomic E-state index is -0.477. The zero-order chi connectivity index (χ0) is 58.5. The minimum absolute atomic E-state index is 0.372. The summed E-state index contributed by atoms with van der Waals surface area (Å²) in [4.78, 5) is 31.5. The molecule has 456 valence electrons.